The fourth-order valence-electron chi connectivity index (χ4n) is 5.80. The summed E-state index contributed by atoms with van der Waals surface area (Å²) < 4.78 is 22.5. The number of carbonyl (C=O) groups is 2. The summed E-state index contributed by atoms with van der Waals surface area (Å²) in [7, 11) is 4.68. The lowest BCUT2D eigenvalue weighted by molar-refractivity contribution is -0.123. The summed E-state index contributed by atoms with van der Waals surface area (Å²) in [6.07, 6.45) is 1.17. The molecule has 2 amide bonds. The Morgan fingerprint density at radius 3 is 2.40 bits per heavy atom. The summed E-state index contributed by atoms with van der Waals surface area (Å²) in [6.45, 7) is 9.67. The summed E-state index contributed by atoms with van der Waals surface area (Å²) >= 11 is 0. The maximum absolute atomic E-state index is 13.7. The molecule has 0 aromatic heterocycles. The lowest BCUT2D eigenvalue weighted by atomic mass is 9.95. The quantitative estimate of drug-likeness (QED) is 0.359. The van der Waals surface area contributed by atoms with E-state index < -0.39 is 12.1 Å². The molecule has 1 fully saturated rings. The fourth-order valence-corrected chi connectivity index (χ4v) is 5.80. The molecular formula is C32H44N4O7. The largest absolute Gasteiger partial charge is 0.493 e. The maximum atomic E-state index is 13.7. The molecule has 11 heteroatoms. The number of anilines is 1. The van der Waals surface area contributed by atoms with Crippen LogP contribution in [-0.4, -0.2) is 83.5 Å². The topological polar surface area (TPSA) is 127 Å². The van der Waals surface area contributed by atoms with Crippen LogP contribution < -0.4 is 35.6 Å². The molecule has 0 bridgehead atoms. The highest BCUT2D eigenvalue weighted by atomic mass is 16.5. The third-order valence-electron chi connectivity index (χ3n) is 8.01. The van der Waals surface area contributed by atoms with E-state index in [0.717, 1.165) is 36.3 Å². The molecule has 3 N–H and O–H groups in total. The minimum Gasteiger partial charge on any atom is -0.493 e. The number of benzene rings is 1. The second-order valence-electron chi connectivity index (χ2n) is 11.2. The number of nitrogens with zero attached hydrogens (tertiary/aromatic N) is 1. The number of amides is 2. The van der Waals surface area contributed by atoms with E-state index in [1.54, 1.807) is 33.5 Å². The average molecular weight is 597 g/mol. The number of hydrogen-bond donors (Lipinski definition) is 3. The Morgan fingerprint density at radius 1 is 1.05 bits per heavy atom. The zero-order valence-electron chi connectivity index (χ0n) is 26.0. The summed E-state index contributed by atoms with van der Waals surface area (Å²) in [5.41, 5.74) is 3.10. The van der Waals surface area contributed by atoms with Crippen molar-refractivity contribution in [3.05, 3.63) is 45.6 Å². The number of morpholine rings is 1. The van der Waals surface area contributed by atoms with Crippen molar-refractivity contribution >= 4 is 17.5 Å². The average Bonchev–Trinajstić information content (AvgIpc) is 3.23. The zero-order chi connectivity index (χ0) is 31.1. The smallest absolute Gasteiger partial charge is 0.242 e. The molecule has 2 aliphatic rings. The Kier molecular flexibility index (Phi) is 10.9. The van der Waals surface area contributed by atoms with Gasteiger partial charge >= 0.3 is 0 Å². The first kappa shape index (κ1) is 32.1. The van der Waals surface area contributed by atoms with Crippen molar-refractivity contribution in [1.82, 2.24) is 15.5 Å². The van der Waals surface area contributed by atoms with Crippen molar-refractivity contribution in [2.45, 2.75) is 45.7 Å². The van der Waals surface area contributed by atoms with Gasteiger partial charge < -0.3 is 34.9 Å². The Hall–Kier alpha value is -3.83. The van der Waals surface area contributed by atoms with E-state index in [-0.39, 0.29) is 28.8 Å². The predicted octanol–water partition coefficient (Wildman–Crippen LogP) is 2.75. The van der Waals surface area contributed by atoms with Gasteiger partial charge in [0.2, 0.25) is 23.0 Å². The third-order valence-corrected chi connectivity index (χ3v) is 8.01. The van der Waals surface area contributed by atoms with Gasteiger partial charge in [-0.3, -0.25) is 19.3 Å². The van der Waals surface area contributed by atoms with Gasteiger partial charge in [-0.1, -0.05) is 19.9 Å². The number of hydrogen-bond acceptors (Lipinski definition) is 9. The van der Waals surface area contributed by atoms with Gasteiger partial charge in [-0.25, -0.2) is 0 Å². The fraction of sp³-hybridized carbons (Fsp3) is 0.531. The Balaban J connectivity index is 1.73. The van der Waals surface area contributed by atoms with E-state index in [9.17, 15) is 14.4 Å². The first-order valence-corrected chi connectivity index (χ1v) is 14.8. The molecule has 2 aromatic rings. The number of ether oxygens (including phenoxy) is 4. The van der Waals surface area contributed by atoms with Crippen LogP contribution in [0.15, 0.2) is 29.1 Å². The van der Waals surface area contributed by atoms with Gasteiger partial charge in [-0.2, -0.15) is 0 Å². The second kappa shape index (κ2) is 14.6. The molecule has 11 nitrogen and oxygen atoms in total. The minimum absolute atomic E-state index is 0.0872. The highest BCUT2D eigenvalue weighted by molar-refractivity contribution is 5.86. The van der Waals surface area contributed by atoms with Crippen molar-refractivity contribution in [3.8, 4) is 28.4 Å². The molecule has 4 rings (SSSR count). The lowest BCUT2D eigenvalue weighted by Gasteiger charge is -2.27. The molecule has 0 saturated carbocycles. The van der Waals surface area contributed by atoms with Crippen LogP contribution >= 0.6 is 0 Å². The van der Waals surface area contributed by atoms with Crippen molar-refractivity contribution < 1.29 is 28.5 Å². The van der Waals surface area contributed by atoms with Crippen molar-refractivity contribution in [1.29, 1.82) is 0 Å². The number of aryl methyl sites for hydroxylation is 1. The number of carbonyl (C=O) groups excluding carboxylic acids is 2. The summed E-state index contributed by atoms with van der Waals surface area (Å²) in [6, 6.07) is 5.97. The second-order valence-corrected chi connectivity index (χ2v) is 11.2. The van der Waals surface area contributed by atoms with E-state index in [2.05, 4.69) is 20.9 Å². The molecule has 2 atom stereocenters. The van der Waals surface area contributed by atoms with Crippen molar-refractivity contribution in [2.24, 2.45) is 5.92 Å². The number of nitrogens with one attached hydrogen (secondary N) is 3. The van der Waals surface area contributed by atoms with E-state index in [0.29, 0.717) is 55.4 Å². The predicted molar refractivity (Wildman–Crippen MR) is 165 cm³/mol. The van der Waals surface area contributed by atoms with Gasteiger partial charge in [0.25, 0.3) is 0 Å². The normalized spacial score (nSPS) is 17.1. The zero-order valence-corrected chi connectivity index (χ0v) is 26.0. The number of fused-ring (bicyclic) bond motifs is 3. The summed E-state index contributed by atoms with van der Waals surface area (Å²) in [5, 5.41) is 9.27. The van der Waals surface area contributed by atoms with Crippen LogP contribution in [0.4, 0.5) is 5.69 Å². The molecule has 1 aliphatic heterocycles. The van der Waals surface area contributed by atoms with Gasteiger partial charge in [-0.05, 0) is 53.6 Å². The maximum Gasteiger partial charge on any atom is 0.242 e. The van der Waals surface area contributed by atoms with Crippen molar-refractivity contribution in [2.75, 3.05) is 66.0 Å². The summed E-state index contributed by atoms with van der Waals surface area (Å²) in [5.74, 6) is 0.994. The molecule has 0 spiro atoms. The number of rotatable bonds is 11. The highest BCUT2D eigenvalue weighted by Crippen LogP contribution is 2.50. The molecule has 2 aromatic carbocycles. The van der Waals surface area contributed by atoms with E-state index in [1.165, 1.54) is 6.92 Å². The molecule has 0 radical (unpaired) electrons. The van der Waals surface area contributed by atoms with Gasteiger partial charge in [0.15, 0.2) is 11.5 Å². The Bertz CT molecular complexity index is 1370. The molecule has 0 unspecified atom stereocenters. The van der Waals surface area contributed by atoms with Crippen molar-refractivity contribution in [3.63, 3.8) is 0 Å². The molecule has 1 aliphatic carbocycles. The Morgan fingerprint density at radius 2 is 1.77 bits per heavy atom. The first-order valence-electron chi connectivity index (χ1n) is 14.8. The molecule has 1 heterocycles. The van der Waals surface area contributed by atoms with Crippen LogP contribution in [0, 0.1) is 5.92 Å². The van der Waals surface area contributed by atoms with Crippen LogP contribution in [0.25, 0.3) is 11.1 Å². The van der Waals surface area contributed by atoms with Gasteiger partial charge in [0.1, 0.15) is 6.04 Å². The van der Waals surface area contributed by atoms with Crippen LogP contribution in [0.2, 0.25) is 0 Å². The molecular weight excluding hydrogens is 552 g/mol. The summed E-state index contributed by atoms with van der Waals surface area (Å²) in [4.78, 5) is 41.5. The monoisotopic (exact) mass is 596 g/mol. The highest BCUT2D eigenvalue weighted by Gasteiger charge is 2.30. The lowest BCUT2D eigenvalue weighted by Crippen LogP contribution is -2.47. The van der Waals surface area contributed by atoms with Crippen LogP contribution in [-0.2, 0) is 20.7 Å². The molecule has 234 valence electrons. The van der Waals surface area contributed by atoms with Crippen LogP contribution in [0.3, 0.4) is 0 Å². The molecule has 1 saturated heterocycles. The van der Waals surface area contributed by atoms with Gasteiger partial charge in [0, 0.05) is 38.7 Å². The minimum atomic E-state index is -0.628. The third kappa shape index (κ3) is 7.40. The molecule has 43 heavy (non-hydrogen) atoms. The Labute approximate surface area is 253 Å². The van der Waals surface area contributed by atoms with Crippen LogP contribution in [0.1, 0.15) is 44.4 Å². The van der Waals surface area contributed by atoms with Crippen LogP contribution in [0.5, 0.6) is 17.2 Å². The first-order chi connectivity index (χ1) is 20.7. The van der Waals surface area contributed by atoms with Gasteiger partial charge in [0.05, 0.1) is 46.3 Å². The van der Waals surface area contributed by atoms with E-state index in [4.69, 9.17) is 18.9 Å². The SMILES string of the molecule is COc1cc2c(c(OC)c1OC)-c1ccc(N[C@H](C(=O)NCCN3CCOCC3)C(C)C)c(=O)cc1[C@@H](NC(C)=O)CC2. The van der Waals surface area contributed by atoms with Gasteiger partial charge in [-0.15, -0.1) is 0 Å². The standard InChI is InChI=1S/C32H44N4O7/c1-19(2)29(32(39)33-11-12-36-13-15-43-16-14-36)35-25-10-8-22-23(18-26(25)38)24(34-20(3)37)9-7-21-17-27(40-4)30(41-5)31(42-6)28(21)22/h8,10,17-19,24,29H,7,9,11-16H2,1-6H3,(H,33,39)(H,34,37)(H,35,38)/t24-,29-/m0/s1. The number of methoxy groups -OCH3 is 3. The van der Waals surface area contributed by atoms with E-state index in [1.807, 2.05) is 26.0 Å². The van der Waals surface area contributed by atoms with E-state index >= 15 is 0 Å².